The Hall–Kier alpha value is -1.37. The summed E-state index contributed by atoms with van der Waals surface area (Å²) in [4.78, 5) is 17.9. The Morgan fingerprint density at radius 2 is 2.35 bits per heavy atom. The molecule has 6 nitrogen and oxygen atoms in total. The summed E-state index contributed by atoms with van der Waals surface area (Å²) < 4.78 is 15.9. The number of hydrogen-bond acceptors (Lipinski definition) is 5. The van der Waals surface area contributed by atoms with E-state index in [2.05, 4.69) is 15.3 Å². The van der Waals surface area contributed by atoms with Crippen molar-refractivity contribution in [1.29, 1.82) is 0 Å². The van der Waals surface area contributed by atoms with Gasteiger partial charge in [0.25, 0.3) is 5.56 Å². The van der Waals surface area contributed by atoms with Crippen LogP contribution in [0.15, 0.2) is 11.1 Å². The smallest absolute Gasteiger partial charge is 0.295 e. The molecule has 1 heterocycles. The SMILES string of the molecule is COc1c(NC(C)CCS(C)=O)nc[nH]c1=O. The molecule has 2 N–H and O–H groups in total. The highest BCUT2D eigenvalue weighted by atomic mass is 32.2. The van der Waals surface area contributed by atoms with Crippen LogP contribution in [0.1, 0.15) is 13.3 Å². The van der Waals surface area contributed by atoms with Gasteiger partial charge >= 0.3 is 0 Å². The first-order valence-electron chi connectivity index (χ1n) is 5.22. The third-order valence-electron chi connectivity index (χ3n) is 2.24. The van der Waals surface area contributed by atoms with Crippen LogP contribution in [0.5, 0.6) is 5.75 Å². The molecule has 0 amide bonds. The largest absolute Gasteiger partial charge is 0.489 e. The maximum atomic E-state index is 11.4. The summed E-state index contributed by atoms with van der Waals surface area (Å²) in [6, 6.07) is 0.0714. The van der Waals surface area contributed by atoms with E-state index in [9.17, 15) is 9.00 Å². The van der Waals surface area contributed by atoms with Crippen molar-refractivity contribution in [3.05, 3.63) is 16.7 Å². The molecule has 0 aromatic carbocycles. The van der Waals surface area contributed by atoms with Crippen LogP contribution >= 0.6 is 0 Å². The molecule has 0 fully saturated rings. The summed E-state index contributed by atoms with van der Waals surface area (Å²) in [6.07, 6.45) is 3.72. The Morgan fingerprint density at radius 1 is 1.65 bits per heavy atom. The monoisotopic (exact) mass is 259 g/mol. The Labute approximate surface area is 102 Å². The molecule has 0 saturated carbocycles. The average molecular weight is 259 g/mol. The van der Waals surface area contributed by atoms with E-state index in [4.69, 9.17) is 4.74 Å². The molecule has 1 aromatic rings. The van der Waals surface area contributed by atoms with Crippen molar-refractivity contribution in [2.45, 2.75) is 19.4 Å². The molecule has 0 aliphatic carbocycles. The van der Waals surface area contributed by atoms with Crippen molar-refractivity contribution in [3.63, 3.8) is 0 Å². The van der Waals surface area contributed by atoms with Crippen molar-refractivity contribution in [1.82, 2.24) is 9.97 Å². The highest BCUT2D eigenvalue weighted by molar-refractivity contribution is 7.84. The zero-order chi connectivity index (χ0) is 12.8. The second-order valence-electron chi connectivity index (χ2n) is 3.72. The zero-order valence-electron chi connectivity index (χ0n) is 10.1. The van der Waals surface area contributed by atoms with Gasteiger partial charge in [-0.25, -0.2) is 4.98 Å². The van der Waals surface area contributed by atoms with Gasteiger partial charge in [-0.1, -0.05) is 0 Å². The molecule has 96 valence electrons. The standard InChI is InChI=1S/C10H17N3O3S/c1-7(4-5-17(3)15)13-9-8(16-2)10(14)12-6-11-9/h6-7H,4-5H2,1-3H3,(H2,11,12,13,14). The summed E-state index contributed by atoms with van der Waals surface area (Å²) in [6.45, 7) is 1.94. The van der Waals surface area contributed by atoms with E-state index in [-0.39, 0.29) is 17.4 Å². The number of ether oxygens (including phenoxy) is 1. The van der Waals surface area contributed by atoms with Crippen molar-refractivity contribution >= 4 is 16.6 Å². The van der Waals surface area contributed by atoms with E-state index in [1.54, 1.807) is 6.26 Å². The predicted molar refractivity (Wildman–Crippen MR) is 68.0 cm³/mol. The van der Waals surface area contributed by atoms with E-state index in [0.717, 1.165) is 6.42 Å². The van der Waals surface area contributed by atoms with Gasteiger partial charge in [0.05, 0.1) is 13.4 Å². The van der Waals surface area contributed by atoms with Gasteiger partial charge in [-0.3, -0.25) is 9.00 Å². The molecule has 1 aromatic heterocycles. The Morgan fingerprint density at radius 3 is 2.94 bits per heavy atom. The number of hydrogen-bond donors (Lipinski definition) is 2. The third kappa shape index (κ3) is 4.18. The van der Waals surface area contributed by atoms with E-state index in [1.165, 1.54) is 13.4 Å². The van der Waals surface area contributed by atoms with Crippen molar-refractivity contribution in [2.75, 3.05) is 24.4 Å². The lowest BCUT2D eigenvalue weighted by Crippen LogP contribution is -2.21. The number of nitrogens with one attached hydrogen (secondary N) is 2. The predicted octanol–water partition coefficient (Wildman–Crippen LogP) is 0.347. The summed E-state index contributed by atoms with van der Waals surface area (Å²) in [7, 11) is 0.605. The number of methoxy groups -OCH3 is 1. The number of aromatic amines is 1. The molecule has 0 radical (unpaired) electrons. The number of anilines is 1. The normalized spacial score (nSPS) is 14.1. The molecule has 1 rings (SSSR count). The minimum absolute atomic E-state index is 0.0714. The minimum atomic E-state index is -0.815. The number of aromatic nitrogens is 2. The molecule has 2 unspecified atom stereocenters. The summed E-state index contributed by atoms with van der Waals surface area (Å²) in [5.41, 5.74) is -0.323. The van der Waals surface area contributed by atoms with Crippen LogP contribution < -0.4 is 15.6 Å². The van der Waals surface area contributed by atoms with E-state index in [0.29, 0.717) is 11.6 Å². The molecule has 0 saturated heterocycles. The topological polar surface area (TPSA) is 84.1 Å². The number of rotatable bonds is 6. The van der Waals surface area contributed by atoms with Crippen LogP contribution in [0, 0.1) is 0 Å². The van der Waals surface area contributed by atoms with E-state index < -0.39 is 10.8 Å². The van der Waals surface area contributed by atoms with Gasteiger partial charge in [-0.15, -0.1) is 0 Å². The molecular weight excluding hydrogens is 242 g/mol. The highest BCUT2D eigenvalue weighted by Crippen LogP contribution is 2.16. The maximum absolute atomic E-state index is 11.4. The fourth-order valence-corrected chi connectivity index (χ4v) is 2.01. The fraction of sp³-hybridized carbons (Fsp3) is 0.600. The van der Waals surface area contributed by atoms with Gasteiger partial charge < -0.3 is 15.0 Å². The number of H-pyrrole nitrogens is 1. The highest BCUT2D eigenvalue weighted by Gasteiger charge is 2.11. The van der Waals surface area contributed by atoms with Crippen LogP contribution in [-0.2, 0) is 10.8 Å². The summed E-state index contributed by atoms with van der Waals surface area (Å²) >= 11 is 0. The molecule has 0 aliphatic heterocycles. The van der Waals surface area contributed by atoms with Crippen molar-refractivity contribution in [2.24, 2.45) is 0 Å². The first kappa shape index (κ1) is 13.7. The molecule has 17 heavy (non-hydrogen) atoms. The maximum Gasteiger partial charge on any atom is 0.295 e. The molecule has 2 atom stereocenters. The summed E-state index contributed by atoms with van der Waals surface area (Å²) in [5.74, 6) is 1.18. The van der Waals surface area contributed by atoms with E-state index >= 15 is 0 Å². The fourth-order valence-electron chi connectivity index (χ4n) is 1.33. The van der Waals surface area contributed by atoms with Crippen LogP contribution in [0.2, 0.25) is 0 Å². The van der Waals surface area contributed by atoms with Gasteiger partial charge in [0.15, 0.2) is 5.82 Å². The van der Waals surface area contributed by atoms with Crippen LogP contribution in [0.25, 0.3) is 0 Å². The molecule has 0 bridgehead atoms. The van der Waals surface area contributed by atoms with Gasteiger partial charge in [0.2, 0.25) is 5.75 Å². The quantitative estimate of drug-likeness (QED) is 0.770. The average Bonchev–Trinajstić information content (AvgIpc) is 2.27. The number of nitrogens with zero attached hydrogens (tertiary/aromatic N) is 1. The van der Waals surface area contributed by atoms with Gasteiger partial charge in [-0.05, 0) is 13.3 Å². The molecule has 7 heteroatoms. The molecular formula is C10H17N3O3S. The minimum Gasteiger partial charge on any atom is -0.489 e. The third-order valence-corrected chi connectivity index (χ3v) is 3.05. The lowest BCUT2D eigenvalue weighted by atomic mass is 10.2. The lowest BCUT2D eigenvalue weighted by molar-refractivity contribution is 0.407. The Balaban J connectivity index is 2.71. The first-order valence-corrected chi connectivity index (χ1v) is 6.95. The second-order valence-corrected chi connectivity index (χ2v) is 5.28. The van der Waals surface area contributed by atoms with Crippen molar-refractivity contribution < 1.29 is 8.95 Å². The molecule has 0 spiro atoms. The van der Waals surface area contributed by atoms with E-state index in [1.807, 2.05) is 6.92 Å². The Bertz CT molecular complexity index is 447. The van der Waals surface area contributed by atoms with Crippen LogP contribution in [-0.4, -0.2) is 39.3 Å². The van der Waals surface area contributed by atoms with Crippen LogP contribution in [0.4, 0.5) is 5.82 Å². The van der Waals surface area contributed by atoms with Crippen LogP contribution in [0.3, 0.4) is 0 Å². The summed E-state index contributed by atoms with van der Waals surface area (Å²) in [5, 5.41) is 3.07. The molecule has 0 aliphatic rings. The van der Waals surface area contributed by atoms with Crippen molar-refractivity contribution in [3.8, 4) is 5.75 Å². The zero-order valence-corrected chi connectivity index (χ0v) is 11.0. The van der Waals surface area contributed by atoms with Gasteiger partial charge in [-0.2, -0.15) is 0 Å². The second kappa shape index (κ2) is 6.39. The lowest BCUT2D eigenvalue weighted by Gasteiger charge is -2.15. The Kier molecular flexibility index (Phi) is 5.14. The first-order chi connectivity index (χ1) is 8.04. The van der Waals surface area contributed by atoms with Gasteiger partial charge in [0, 0.05) is 28.9 Å². The van der Waals surface area contributed by atoms with Gasteiger partial charge in [0.1, 0.15) is 0 Å².